The third-order valence-electron chi connectivity index (χ3n) is 6.69. The number of aromatic nitrogens is 4. The van der Waals surface area contributed by atoms with E-state index in [0.717, 1.165) is 0 Å². The zero-order chi connectivity index (χ0) is 29.8. The number of hydrogen-bond acceptors (Lipinski definition) is 8. The molecule has 1 aliphatic heterocycles. The van der Waals surface area contributed by atoms with Crippen molar-refractivity contribution in [3.8, 4) is 5.69 Å². The van der Waals surface area contributed by atoms with Gasteiger partial charge in [-0.2, -0.15) is 4.68 Å². The largest absolute Gasteiger partial charge is 0.398 e. The third kappa shape index (κ3) is 6.10. The molecule has 3 aromatic carbocycles. The monoisotopic (exact) mass is 589 g/mol. The number of piperazine rings is 1. The number of nitrogens with one attached hydrogen (secondary N) is 1. The molecular formula is C28H25ClFN9O3. The van der Waals surface area contributed by atoms with E-state index in [1.54, 1.807) is 49.7 Å². The maximum absolute atomic E-state index is 13.7. The number of rotatable bonds is 8. The Morgan fingerprint density at radius 3 is 2.60 bits per heavy atom. The average molecular weight is 590 g/mol. The van der Waals surface area contributed by atoms with E-state index >= 15 is 0 Å². The van der Waals surface area contributed by atoms with E-state index < -0.39 is 36.1 Å². The molecule has 0 spiro atoms. The summed E-state index contributed by atoms with van der Waals surface area (Å²) in [5.41, 5.74) is 8.87. The summed E-state index contributed by atoms with van der Waals surface area (Å²) in [5.74, 6) is -1.89. The predicted molar refractivity (Wildman–Crippen MR) is 155 cm³/mol. The van der Waals surface area contributed by atoms with Gasteiger partial charge in [-0.05, 0) is 64.5 Å². The summed E-state index contributed by atoms with van der Waals surface area (Å²) in [5, 5.41) is 14.3. The van der Waals surface area contributed by atoms with Crippen LogP contribution in [0.15, 0.2) is 72.0 Å². The number of carbonyl (C=O) groups excluding carboxylic acids is 3. The molecule has 1 saturated heterocycles. The lowest BCUT2D eigenvalue weighted by Gasteiger charge is -2.38. The lowest BCUT2D eigenvalue weighted by molar-refractivity contribution is -0.143. The van der Waals surface area contributed by atoms with Crippen molar-refractivity contribution in [2.45, 2.75) is 12.5 Å². The predicted octanol–water partition coefficient (Wildman–Crippen LogP) is 2.51. The fraction of sp³-hybridized carbons (Fsp3) is 0.179. The molecule has 0 bridgehead atoms. The number of nitrogens with zero attached hydrogens (tertiary/aromatic N) is 7. The first-order valence-electron chi connectivity index (χ1n) is 12.7. The van der Waals surface area contributed by atoms with Crippen LogP contribution in [0.3, 0.4) is 0 Å². The van der Waals surface area contributed by atoms with Gasteiger partial charge in [0.2, 0.25) is 17.7 Å². The normalized spacial score (nSPS) is 14.5. The van der Waals surface area contributed by atoms with Crippen LogP contribution in [-0.2, 0) is 20.8 Å². The maximum Gasteiger partial charge on any atom is 0.247 e. The van der Waals surface area contributed by atoms with Crippen LogP contribution in [0, 0.1) is 5.82 Å². The summed E-state index contributed by atoms with van der Waals surface area (Å²) in [6.45, 7) is -0.754. The summed E-state index contributed by atoms with van der Waals surface area (Å²) < 4.78 is 15.0. The lowest BCUT2D eigenvalue weighted by atomic mass is 10.0. The quantitative estimate of drug-likeness (QED) is 0.237. The van der Waals surface area contributed by atoms with Gasteiger partial charge in [0.15, 0.2) is 0 Å². The first kappa shape index (κ1) is 28.4. The van der Waals surface area contributed by atoms with Crippen molar-refractivity contribution in [3.63, 3.8) is 0 Å². The molecular weight excluding hydrogens is 565 g/mol. The standard InChI is InChI=1S/C28H25ClFN9O3/c1-32-13-18-11-21(7-8-22(18)31)34-28(42)25(10-17-2-5-20(30)6-3-17)38-15-26(40)37(14-27(38)41)24-12-19(29)4-9-23(24)39-16-33-35-36-39/h2-9,11-13,16,25H,10,14-15,31H2,1H3,(H,34,42). The van der Waals surface area contributed by atoms with Crippen LogP contribution in [0.4, 0.5) is 21.5 Å². The van der Waals surface area contributed by atoms with E-state index in [-0.39, 0.29) is 13.0 Å². The Balaban J connectivity index is 1.44. The number of carbonyl (C=O) groups is 3. The van der Waals surface area contributed by atoms with Crippen LogP contribution >= 0.6 is 11.6 Å². The summed E-state index contributed by atoms with van der Waals surface area (Å²) >= 11 is 6.23. The first-order chi connectivity index (χ1) is 20.2. The van der Waals surface area contributed by atoms with Crippen LogP contribution in [0.2, 0.25) is 5.02 Å². The Hall–Kier alpha value is -5.17. The second kappa shape index (κ2) is 12.1. The van der Waals surface area contributed by atoms with Gasteiger partial charge < -0.3 is 16.0 Å². The summed E-state index contributed by atoms with van der Waals surface area (Å²) in [4.78, 5) is 47.3. The van der Waals surface area contributed by atoms with Gasteiger partial charge in [-0.3, -0.25) is 24.3 Å². The van der Waals surface area contributed by atoms with Crippen molar-refractivity contribution in [3.05, 3.63) is 89.0 Å². The van der Waals surface area contributed by atoms with Gasteiger partial charge in [0.1, 0.15) is 31.3 Å². The second-order valence-electron chi connectivity index (χ2n) is 9.46. The van der Waals surface area contributed by atoms with Crippen molar-refractivity contribution in [1.82, 2.24) is 25.1 Å². The van der Waals surface area contributed by atoms with Crippen molar-refractivity contribution >= 4 is 52.6 Å². The van der Waals surface area contributed by atoms with Crippen LogP contribution in [-0.4, -0.2) is 75.2 Å². The van der Waals surface area contributed by atoms with Crippen molar-refractivity contribution < 1.29 is 18.8 Å². The van der Waals surface area contributed by atoms with Crippen LogP contribution in [0.5, 0.6) is 0 Å². The Morgan fingerprint density at radius 1 is 1.10 bits per heavy atom. The zero-order valence-corrected chi connectivity index (χ0v) is 23.1. The molecule has 1 unspecified atom stereocenters. The summed E-state index contributed by atoms with van der Waals surface area (Å²) in [7, 11) is 1.60. The van der Waals surface area contributed by atoms with E-state index in [1.807, 2.05) is 0 Å². The Kier molecular flexibility index (Phi) is 8.20. The van der Waals surface area contributed by atoms with Gasteiger partial charge in [0, 0.05) is 41.6 Å². The van der Waals surface area contributed by atoms with Crippen LogP contribution in [0.1, 0.15) is 11.1 Å². The number of amides is 3. The molecule has 3 N–H and O–H groups in total. The minimum Gasteiger partial charge on any atom is -0.398 e. The topological polar surface area (TPSA) is 152 Å². The fourth-order valence-corrected chi connectivity index (χ4v) is 4.80. The molecule has 2 heterocycles. The van der Waals surface area contributed by atoms with Gasteiger partial charge >= 0.3 is 0 Å². The van der Waals surface area contributed by atoms with E-state index in [4.69, 9.17) is 17.3 Å². The van der Waals surface area contributed by atoms with E-state index in [0.29, 0.717) is 38.9 Å². The minimum atomic E-state index is -1.09. The van der Waals surface area contributed by atoms with Gasteiger partial charge in [0.05, 0.1) is 11.4 Å². The molecule has 1 aromatic heterocycles. The smallest absolute Gasteiger partial charge is 0.247 e. The molecule has 0 saturated carbocycles. The van der Waals surface area contributed by atoms with Crippen molar-refractivity contribution in [2.75, 3.05) is 36.1 Å². The number of aliphatic imine (C=N–C) groups is 1. The van der Waals surface area contributed by atoms with Gasteiger partial charge in [-0.1, -0.05) is 23.7 Å². The molecule has 1 fully saturated rings. The number of anilines is 3. The molecule has 14 heteroatoms. The highest BCUT2D eigenvalue weighted by atomic mass is 35.5. The highest BCUT2D eigenvalue weighted by molar-refractivity contribution is 6.31. The zero-order valence-electron chi connectivity index (χ0n) is 22.3. The molecule has 214 valence electrons. The van der Waals surface area contributed by atoms with Crippen LogP contribution in [0.25, 0.3) is 5.69 Å². The van der Waals surface area contributed by atoms with Crippen LogP contribution < -0.4 is 16.0 Å². The number of tetrazole rings is 1. The highest BCUT2D eigenvalue weighted by Crippen LogP contribution is 2.30. The highest BCUT2D eigenvalue weighted by Gasteiger charge is 2.39. The maximum atomic E-state index is 13.7. The molecule has 5 rings (SSSR count). The number of nitrogens with two attached hydrogens (primary N) is 1. The van der Waals surface area contributed by atoms with E-state index in [9.17, 15) is 18.8 Å². The molecule has 4 aromatic rings. The Labute approximate surface area is 244 Å². The van der Waals surface area contributed by atoms with Gasteiger partial charge in [-0.15, -0.1) is 5.10 Å². The van der Waals surface area contributed by atoms with Gasteiger partial charge in [0.25, 0.3) is 0 Å². The molecule has 3 amide bonds. The molecule has 12 nitrogen and oxygen atoms in total. The lowest BCUT2D eigenvalue weighted by Crippen LogP contribution is -2.60. The van der Waals surface area contributed by atoms with Gasteiger partial charge in [-0.25, -0.2) is 4.39 Å². The Morgan fingerprint density at radius 2 is 1.88 bits per heavy atom. The van der Waals surface area contributed by atoms with E-state index in [2.05, 4.69) is 25.8 Å². The molecule has 0 aliphatic carbocycles. The van der Waals surface area contributed by atoms with Crippen molar-refractivity contribution in [1.29, 1.82) is 0 Å². The fourth-order valence-electron chi connectivity index (χ4n) is 4.63. The second-order valence-corrected chi connectivity index (χ2v) is 9.89. The molecule has 1 atom stereocenters. The molecule has 0 radical (unpaired) electrons. The first-order valence-corrected chi connectivity index (χ1v) is 13.1. The van der Waals surface area contributed by atoms with E-state index in [1.165, 1.54) is 45.1 Å². The minimum absolute atomic E-state index is 0.0381. The molecule has 42 heavy (non-hydrogen) atoms. The SMILES string of the molecule is CN=Cc1cc(NC(=O)C(Cc2ccc(F)cc2)N2CC(=O)N(c3cc(Cl)ccc3-n3cnnn3)CC2=O)ccc1N. The average Bonchev–Trinajstić information content (AvgIpc) is 3.51. The number of hydrogen-bond donors (Lipinski definition) is 2. The summed E-state index contributed by atoms with van der Waals surface area (Å²) in [6, 6.07) is 14.2. The molecule has 1 aliphatic rings. The third-order valence-corrected chi connectivity index (χ3v) is 6.92. The van der Waals surface area contributed by atoms with Crippen molar-refractivity contribution in [2.24, 2.45) is 4.99 Å². The summed E-state index contributed by atoms with van der Waals surface area (Å²) in [6.07, 6.45) is 2.95. The number of nitrogen functional groups attached to an aromatic ring is 1. The number of benzene rings is 3. The Bertz CT molecular complexity index is 1660. The number of halogens is 2.